The number of rotatable bonds is 5. The van der Waals surface area contributed by atoms with E-state index < -0.39 is 22.7 Å². The van der Waals surface area contributed by atoms with Crippen molar-refractivity contribution < 1.29 is 26.0 Å². The largest absolute Gasteiger partial charge is 0.452 e. The Morgan fingerprint density at radius 2 is 2.05 bits per heavy atom. The minimum Gasteiger partial charge on any atom is -0.452 e. The maximum atomic E-state index is 12.3. The fraction of sp³-hybridized carbons (Fsp3) is 0.692. The van der Waals surface area contributed by atoms with Crippen LogP contribution in [0.4, 0.5) is 13.2 Å². The minimum absolute atomic E-state index is 0.00854. The van der Waals surface area contributed by atoms with Gasteiger partial charge in [0.05, 0.1) is 12.8 Å². The predicted molar refractivity (Wildman–Crippen MR) is 73.7 cm³/mol. The quantitative estimate of drug-likeness (QED) is 0.893. The van der Waals surface area contributed by atoms with E-state index in [0.717, 1.165) is 0 Å². The van der Waals surface area contributed by atoms with Crippen LogP contribution in [0.1, 0.15) is 19.8 Å². The zero-order valence-corrected chi connectivity index (χ0v) is 13.0. The maximum Gasteiger partial charge on any atom is 0.401 e. The molecule has 0 saturated carbocycles. The number of piperidine rings is 1. The van der Waals surface area contributed by atoms with Crippen molar-refractivity contribution in [2.45, 2.75) is 37.1 Å². The lowest BCUT2D eigenvalue weighted by molar-refractivity contribution is -0.148. The lowest BCUT2D eigenvalue weighted by Crippen LogP contribution is -2.45. The van der Waals surface area contributed by atoms with Crippen LogP contribution in [0.2, 0.25) is 0 Å². The molecule has 2 rings (SSSR count). The van der Waals surface area contributed by atoms with Crippen LogP contribution in [0.5, 0.6) is 0 Å². The highest BCUT2D eigenvalue weighted by Gasteiger charge is 2.34. The lowest BCUT2D eigenvalue weighted by Gasteiger charge is -2.35. The van der Waals surface area contributed by atoms with Gasteiger partial charge in [0, 0.05) is 6.04 Å². The van der Waals surface area contributed by atoms with Gasteiger partial charge in [-0.15, -0.1) is 0 Å². The van der Waals surface area contributed by atoms with Gasteiger partial charge < -0.3 is 4.42 Å². The number of sulfonamides is 1. The molecule has 1 aliphatic rings. The summed E-state index contributed by atoms with van der Waals surface area (Å²) in [7, 11) is -3.72. The molecule has 126 valence electrons. The van der Waals surface area contributed by atoms with E-state index >= 15 is 0 Å². The van der Waals surface area contributed by atoms with Crippen LogP contribution in [0.3, 0.4) is 0 Å². The summed E-state index contributed by atoms with van der Waals surface area (Å²) in [5.41, 5.74) is 0. The van der Waals surface area contributed by atoms with Crippen LogP contribution in [-0.2, 0) is 10.0 Å². The van der Waals surface area contributed by atoms with Gasteiger partial charge in [-0.05, 0) is 50.9 Å². The number of hydrogen-bond donors (Lipinski definition) is 1. The average Bonchev–Trinajstić information content (AvgIpc) is 2.91. The summed E-state index contributed by atoms with van der Waals surface area (Å²) in [5, 5.41) is -0.158. The molecule has 9 heteroatoms. The van der Waals surface area contributed by atoms with Gasteiger partial charge in [0.25, 0.3) is 10.0 Å². The molecule has 1 N–H and O–H groups in total. The van der Waals surface area contributed by atoms with Crippen molar-refractivity contribution in [3.8, 4) is 0 Å². The molecule has 0 aliphatic carbocycles. The molecule has 0 bridgehead atoms. The Kier molecular flexibility index (Phi) is 5.18. The Labute approximate surface area is 127 Å². The third kappa shape index (κ3) is 4.72. The third-order valence-electron chi connectivity index (χ3n) is 3.84. The Balaban J connectivity index is 1.86. The van der Waals surface area contributed by atoms with E-state index in [1.54, 1.807) is 6.92 Å². The highest BCUT2D eigenvalue weighted by atomic mass is 32.2. The first kappa shape index (κ1) is 17.3. The molecule has 5 nitrogen and oxygen atoms in total. The van der Waals surface area contributed by atoms with E-state index in [1.807, 2.05) is 0 Å². The molecule has 1 aromatic rings. The highest BCUT2D eigenvalue weighted by molar-refractivity contribution is 7.89. The van der Waals surface area contributed by atoms with E-state index in [2.05, 4.69) is 4.72 Å². The smallest absolute Gasteiger partial charge is 0.401 e. The lowest BCUT2D eigenvalue weighted by atomic mass is 9.91. The summed E-state index contributed by atoms with van der Waals surface area (Å²) >= 11 is 0. The molecule has 1 aromatic heterocycles. The fourth-order valence-electron chi connectivity index (χ4n) is 2.68. The molecule has 0 spiro atoms. The molecule has 1 aliphatic heterocycles. The Morgan fingerprint density at radius 1 is 1.41 bits per heavy atom. The van der Waals surface area contributed by atoms with Crippen molar-refractivity contribution in [1.82, 2.24) is 9.62 Å². The number of nitrogens with one attached hydrogen (secondary N) is 1. The molecular formula is C13H19F3N2O3S. The van der Waals surface area contributed by atoms with E-state index in [1.165, 1.54) is 23.3 Å². The van der Waals surface area contributed by atoms with Gasteiger partial charge in [0.15, 0.2) is 0 Å². The molecule has 22 heavy (non-hydrogen) atoms. The number of alkyl halides is 3. The number of nitrogens with zero attached hydrogens (tertiary/aromatic N) is 1. The maximum absolute atomic E-state index is 12.3. The van der Waals surface area contributed by atoms with Gasteiger partial charge >= 0.3 is 6.18 Å². The average molecular weight is 340 g/mol. The summed E-state index contributed by atoms with van der Waals surface area (Å²) in [6.45, 7) is 1.45. The monoisotopic (exact) mass is 340 g/mol. The van der Waals surface area contributed by atoms with Crippen LogP contribution < -0.4 is 4.72 Å². The SMILES string of the molecule is CC(NS(=O)(=O)c1ccco1)C1CCN(CC(F)(F)F)CC1. The Bertz CT molecular complexity index is 564. The van der Waals surface area contributed by atoms with Crippen LogP contribution in [-0.4, -0.2) is 45.2 Å². The predicted octanol–water partition coefficient (Wildman–Crippen LogP) is 2.22. The molecule has 0 radical (unpaired) electrons. The molecule has 1 unspecified atom stereocenters. The van der Waals surface area contributed by atoms with Gasteiger partial charge in [-0.25, -0.2) is 13.1 Å². The van der Waals surface area contributed by atoms with Crippen molar-refractivity contribution in [1.29, 1.82) is 0 Å². The summed E-state index contributed by atoms with van der Waals surface area (Å²) in [6, 6.07) is 2.47. The first-order valence-corrected chi connectivity index (χ1v) is 8.50. The number of hydrogen-bond acceptors (Lipinski definition) is 4. The summed E-state index contributed by atoms with van der Waals surface area (Å²) in [4.78, 5) is 1.35. The van der Waals surface area contributed by atoms with Crippen LogP contribution in [0.15, 0.2) is 27.9 Å². The molecule has 1 atom stereocenters. The minimum atomic E-state index is -4.20. The summed E-state index contributed by atoms with van der Waals surface area (Å²) in [5.74, 6) is 0.00854. The molecule has 1 saturated heterocycles. The third-order valence-corrected chi connectivity index (χ3v) is 5.29. The van der Waals surface area contributed by atoms with Crippen LogP contribution in [0, 0.1) is 5.92 Å². The summed E-state index contributed by atoms with van der Waals surface area (Å²) in [6.07, 6.45) is -1.87. The number of likely N-dealkylation sites (tertiary alicyclic amines) is 1. The molecule has 1 fully saturated rings. The van der Waals surface area contributed by atoms with Crippen molar-refractivity contribution >= 4 is 10.0 Å². The second-order valence-corrected chi connectivity index (χ2v) is 7.22. The van der Waals surface area contributed by atoms with E-state index in [0.29, 0.717) is 25.9 Å². The van der Waals surface area contributed by atoms with E-state index in [4.69, 9.17) is 4.42 Å². The molecule has 0 amide bonds. The summed E-state index contributed by atoms with van der Waals surface area (Å²) < 4.78 is 68.5. The first-order valence-electron chi connectivity index (χ1n) is 7.02. The van der Waals surface area contributed by atoms with Crippen molar-refractivity contribution in [3.63, 3.8) is 0 Å². The standard InChI is InChI=1S/C13H19F3N2O3S/c1-10(17-22(19,20)12-3-2-8-21-12)11-4-6-18(7-5-11)9-13(14,15)16/h2-3,8,10-11,17H,4-7,9H2,1H3. The van der Waals surface area contributed by atoms with Gasteiger partial charge in [-0.3, -0.25) is 4.90 Å². The normalized spacial score (nSPS) is 20.2. The zero-order valence-electron chi connectivity index (χ0n) is 12.1. The van der Waals surface area contributed by atoms with Crippen molar-refractivity contribution in [2.75, 3.05) is 19.6 Å². The van der Waals surface area contributed by atoms with E-state index in [-0.39, 0.29) is 17.1 Å². The number of furan rings is 1. The Morgan fingerprint density at radius 3 is 2.55 bits per heavy atom. The van der Waals surface area contributed by atoms with Gasteiger partial charge in [0.2, 0.25) is 5.09 Å². The van der Waals surface area contributed by atoms with Crippen LogP contribution in [0.25, 0.3) is 0 Å². The molecule has 0 aromatic carbocycles. The Hall–Kier alpha value is -1.06. The fourth-order valence-corrected chi connectivity index (χ4v) is 3.92. The van der Waals surface area contributed by atoms with Crippen molar-refractivity contribution in [3.05, 3.63) is 18.4 Å². The molecule has 2 heterocycles. The second-order valence-electron chi connectivity index (χ2n) is 5.57. The highest BCUT2D eigenvalue weighted by Crippen LogP contribution is 2.25. The zero-order chi connectivity index (χ0) is 16.4. The van der Waals surface area contributed by atoms with Gasteiger partial charge in [0.1, 0.15) is 0 Å². The second kappa shape index (κ2) is 6.59. The van der Waals surface area contributed by atoms with Gasteiger partial charge in [-0.1, -0.05) is 0 Å². The van der Waals surface area contributed by atoms with Crippen LogP contribution >= 0.6 is 0 Å². The number of halogens is 3. The van der Waals surface area contributed by atoms with Crippen molar-refractivity contribution in [2.24, 2.45) is 5.92 Å². The van der Waals surface area contributed by atoms with Gasteiger partial charge in [-0.2, -0.15) is 13.2 Å². The molecular weight excluding hydrogens is 321 g/mol. The first-order chi connectivity index (χ1) is 10.2. The van der Waals surface area contributed by atoms with E-state index in [9.17, 15) is 21.6 Å². The topological polar surface area (TPSA) is 62.6 Å².